The van der Waals surface area contributed by atoms with Gasteiger partial charge in [0.1, 0.15) is 0 Å². The second-order valence-corrected chi connectivity index (χ2v) is 5.55. The summed E-state index contributed by atoms with van der Waals surface area (Å²) in [6.07, 6.45) is 2.18. The maximum Gasteiger partial charge on any atom is 0.221 e. The molecule has 1 aliphatic carbocycles. The molecule has 0 heterocycles. The molecule has 3 heteroatoms. The van der Waals surface area contributed by atoms with Crippen LogP contribution in [-0.4, -0.2) is 5.91 Å². The first-order valence-electron chi connectivity index (χ1n) is 7.40. The Balaban J connectivity index is 1.68. The molecule has 2 N–H and O–H groups in total. The number of aryl methyl sites for hydroxylation is 1. The summed E-state index contributed by atoms with van der Waals surface area (Å²) in [5, 5.41) is 6.47. The van der Waals surface area contributed by atoms with Crippen LogP contribution in [-0.2, 0) is 17.8 Å². The number of anilines is 1. The van der Waals surface area contributed by atoms with Crippen molar-refractivity contribution < 1.29 is 4.79 Å². The highest BCUT2D eigenvalue weighted by Crippen LogP contribution is 2.33. The number of fused-ring (bicyclic) bond motifs is 1. The van der Waals surface area contributed by atoms with E-state index in [9.17, 15) is 4.79 Å². The molecule has 0 radical (unpaired) electrons. The second-order valence-electron chi connectivity index (χ2n) is 5.55. The molecule has 1 atom stereocenters. The highest BCUT2D eigenvalue weighted by Gasteiger charge is 2.22. The zero-order valence-corrected chi connectivity index (χ0v) is 12.2. The van der Waals surface area contributed by atoms with Crippen molar-refractivity contribution in [3.63, 3.8) is 0 Å². The normalized spacial score (nSPS) is 16.5. The van der Waals surface area contributed by atoms with Crippen LogP contribution in [0.1, 0.15) is 36.1 Å². The van der Waals surface area contributed by atoms with Crippen molar-refractivity contribution in [2.45, 2.75) is 32.4 Å². The molecule has 0 saturated carbocycles. The van der Waals surface area contributed by atoms with E-state index in [0.29, 0.717) is 6.04 Å². The van der Waals surface area contributed by atoms with Gasteiger partial charge in [0.25, 0.3) is 0 Å². The lowest BCUT2D eigenvalue weighted by molar-refractivity contribution is -0.114. The van der Waals surface area contributed by atoms with Gasteiger partial charge in [-0.2, -0.15) is 0 Å². The van der Waals surface area contributed by atoms with Crippen LogP contribution in [0.2, 0.25) is 0 Å². The third-order valence-corrected chi connectivity index (χ3v) is 3.94. The zero-order chi connectivity index (χ0) is 14.7. The van der Waals surface area contributed by atoms with Gasteiger partial charge in [0.15, 0.2) is 0 Å². The molecule has 2 aromatic rings. The Morgan fingerprint density at radius 2 is 2.00 bits per heavy atom. The Morgan fingerprint density at radius 3 is 2.76 bits per heavy atom. The SMILES string of the molecule is CC(=O)Nc1ccc2c(c1)CCC2NCc1ccccc1. The standard InChI is InChI=1S/C18H20N2O/c1-13(21)20-16-8-9-17-15(11-16)7-10-18(17)19-12-14-5-3-2-4-6-14/h2-6,8-9,11,18-19H,7,10,12H2,1H3,(H,20,21). The van der Waals surface area contributed by atoms with E-state index in [0.717, 1.165) is 25.1 Å². The minimum absolute atomic E-state index is 0.0216. The molecule has 0 bridgehead atoms. The first-order chi connectivity index (χ1) is 10.2. The third-order valence-electron chi connectivity index (χ3n) is 3.94. The van der Waals surface area contributed by atoms with Gasteiger partial charge in [-0.25, -0.2) is 0 Å². The van der Waals surface area contributed by atoms with Crippen molar-refractivity contribution in [3.8, 4) is 0 Å². The first kappa shape index (κ1) is 13.8. The average Bonchev–Trinajstić information content (AvgIpc) is 2.88. The molecule has 1 aliphatic rings. The Bertz CT molecular complexity index is 637. The van der Waals surface area contributed by atoms with Crippen LogP contribution in [0, 0.1) is 0 Å². The molecule has 0 fully saturated rings. The number of hydrogen-bond acceptors (Lipinski definition) is 2. The largest absolute Gasteiger partial charge is 0.326 e. The summed E-state index contributed by atoms with van der Waals surface area (Å²) in [7, 11) is 0. The van der Waals surface area contributed by atoms with Crippen molar-refractivity contribution >= 4 is 11.6 Å². The predicted molar refractivity (Wildman–Crippen MR) is 85.1 cm³/mol. The summed E-state index contributed by atoms with van der Waals surface area (Å²) in [5.74, 6) is -0.0216. The van der Waals surface area contributed by atoms with Crippen LogP contribution in [0.3, 0.4) is 0 Å². The fraction of sp³-hybridized carbons (Fsp3) is 0.278. The molecule has 0 spiro atoms. The van der Waals surface area contributed by atoms with Crippen molar-refractivity contribution in [2.75, 3.05) is 5.32 Å². The predicted octanol–water partition coefficient (Wildman–Crippen LogP) is 3.42. The Kier molecular flexibility index (Phi) is 4.02. The van der Waals surface area contributed by atoms with Gasteiger partial charge in [0.2, 0.25) is 5.91 Å². The van der Waals surface area contributed by atoms with Crippen LogP contribution >= 0.6 is 0 Å². The van der Waals surface area contributed by atoms with Crippen molar-refractivity contribution in [1.29, 1.82) is 0 Å². The number of benzene rings is 2. The highest BCUT2D eigenvalue weighted by molar-refractivity contribution is 5.88. The molecular weight excluding hydrogens is 260 g/mol. The lowest BCUT2D eigenvalue weighted by Gasteiger charge is -2.14. The van der Waals surface area contributed by atoms with Crippen LogP contribution in [0.4, 0.5) is 5.69 Å². The topological polar surface area (TPSA) is 41.1 Å². The van der Waals surface area contributed by atoms with Gasteiger partial charge in [-0.15, -0.1) is 0 Å². The van der Waals surface area contributed by atoms with Gasteiger partial charge < -0.3 is 10.6 Å². The summed E-state index contributed by atoms with van der Waals surface area (Å²) < 4.78 is 0. The van der Waals surface area contributed by atoms with E-state index in [1.54, 1.807) is 0 Å². The minimum Gasteiger partial charge on any atom is -0.326 e. The number of nitrogens with one attached hydrogen (secondary N) is 2. The summed E-state index contributed by atoms with van der Waals surface area (Å²) in [6, 6.07) is 17.1. The lowest BCUT2D eigenvalue weighted by Crippen LogP contribution is -2.18. The van der Waals surface area contributed by atoms with Gasteiger partial charge >= 0.3 is 0 Å². The first-order valence-corrected chi connectivity index (χ1v) is 7.40. The van der Waals surface area contributed by atoms with Gasteiger partial charge in [0.05, 0.1) is 0 Å². The highest BCUT2D eigenvalue weighted by atomic mass is 16.1. The van der Waals surface area contributed by atoms with Gasteiger partial charge in [-0.3, -0.25) is 4.79 Å². The monoisotopic (exact) mass is 280 g/mol. The van der Waals surface area contributed by atoms with E-state index in [1.807, 2.05) is 12.1 Å². The van der Waals surface area contributed by atoms with E-state index in [4.69, 9.17) is 0 Å². The number of carbonyl (C=O) groups is 1. The Labute approximate surface area is 125 Å². The lowest BCUT2D eigenvalue weighted by atomic mass is 10.1. The quantitative estimate of drug-likeness (QED) is 0.901. The fourth-order valence-corrected chi connectivity index (χ4v) is 2.95. The van der Waals surface area contributed by atoms with Crippen LogP contribution in [0.15, 0.2) is 48.5 Å². The van der Waals surface area contributed by atoms with Crippen LogP contribution in [0.5, 0.6) is 0 Å². The zero-order valence-electron chi connectivity index (χ0n) is 12.2. The van der Waals surface area contributed by atoms with E-state index in [-0.39, 0.29) is 5.91 Å². The van der Waals surface area contributed by atoms with Gasteiger partial charge in [-0.1, -0.05) is 36.4 Å². The molecule has 108 valence electrons. The van der Waals surface area contributed by atoms with E-state index in [2.05, 4.69) is 47.0 Å². The fourth-order valence-electron chi connectivity index (χ4n) is 2.95. The Morgan fingerprint density at radius 1 is 1.19 bits per heavy atom. The van der Waals surface area contributed by atoms with Crippen molar-refractivity contribution in [1.82, 2.24) is 5.32 Å². The number of amides is 1. The van der Waals surface area contributed by atoms with Crippen molar-refractivity contribution in [3.05, 3.63) is 65.2 Å². The second kappa shape index (κ2) is 6.10. The average molecular weight is 280 g/mol. The summed E-state index contributed by atoms with van der Waals surface area (Å²) in [5.41, 5.74) is 4.90. The summed E-state index contributed by atoms with van der Waals surface area (Å²) in [6.45, 7) is 2.43. The Hall–Kier alpha value is -2.13. The summed E-state index contributed by atoms with van der Waals surface area (Å²) in [4.78, 5) is 11.1. The molecule has 1 unspecified atom stereocenters. The molecule has 0 aliphatic heterocycles. The molecule has 3 rings (SSSR count). The van der Waals surface area contributed by atoms with Gasteiger partial charge in [0, 0.05) is 25.2 Å². The number of carbonyl (C=O) groups excluding carboxylic acids is 1. The molecule has 21 heavy (non-hydrogen) atoms. The molecule has 0 aromatic heterocycles. The van der Waals surface area contributed by atoms with Crippen molar-refractivity contribution in [2.24, 2.45) is 0 Å². The van der Waals surface area contributed by atoms with Crippen LogP contribution < -0.4 is 10.6 Å². The number of hydrogen-bond donors (Lipinski definition) is 2. The third kappa shape index (κ3) is 3.31. The molecule has 0 saturated heterocycles. The maximum atomic E-state index is 11.1. The molecule has 3 nitrogen and oxygen atoms in total. The number of rotatable bonds is 4. The van der Waals surface area contributed by atoms with E-state index in [1.165, 1.54) is 23.6 Å². The smallest absolute Gasteiger partial charge is 0.221 e. The van der Waals surface area contributed by atoms with Crippen LogP contribution in [0.25, 0.3) is 0 Å². The van der Waals surface area contributed by atoms with Gasteiger partial charge in [-0.05, 0) is 41.7 Å². The molecular formula is C18H20N2O. The summed E-state index contributed by atoms with van der Waals surface area (Å²) >= 11 is 0. The molecule has 2 aromatic carbocycles. The minimum atomic E-state index is -0.0216. The van der Waals surface area contributed by atoms with E-state index >= 15 is 0 Å². The van der Waals surface area contributed by atoms with E-state index < -0.39 is 0 Å². The maximum absolute atomic E-state index is 11.1. The molecule has 1 amide bonds.